The monoisotopic (exact) mass is 466 g/mol. The van der Waals surface area contributed by atoms with Crippen LogP contribution in [0.3, 0.4) is 0 Å². The minimum atomic E-state index is -0.206. The fourth-order valence-corrected chi connectivity index (χ4v) is 5.58. The number of fused-ring (bicyclic) bond motifs is 3. The van der Waals surface area contributed by atoms with E-state index in [2.05, 4.69) is 44.3 Å². The molecule has 3 aliphatic heterocycles. The number of ether oxygens (including phenoxy) is 1. The second kappa shape index (κ2) is 10.8. The number of nitrogens with one attached hydrogen (secondary N) is 1. The van der Waals surface area contributed by atoms with Crippen LogP contribution in [0.5, 0.6) is 0 Å². The Morgan fingerprint density at radius 3 is 2.62 bits per heavy atom. The van der Waals surface area contributed by atoms with E-state index in [-0.39, 0.29) is 23.7 Å². The van der Waals surface area contributed by atoms with Gasteiger partial charge >= 0.3 is 0 Å². The molecule has 3 heterocycles. The van der Waals surface area contributed by atoms with Gasteiger partial charge in [0.25, 0.3) is 0 Å². The lowest BCUT2D eigenvalue weighted by atomic mass is 9.83. The Balaban J connectivity index is 1.23. The van der Waals surface area contributed by atoms with Crippen molar-refractivity contribution in [2.24, 2.45) is 5.92 Å². The number of anilines is 1. The van der Waals surface area contributed by atoms with Crippen LogP contribution in [0, 0.1) is 11.7 Å². The van der Waals surface area contributed by atoms with Gasteiger partial charge in [-0.25, -0.2) is 4.39 Å². The van der Waals surface area contributed by atoms with Crippen LogP contribution in [0.4, 0.5) is 10.1 Å². The summed E-state index contributed by atoms with van der Waals surface area (Å²) in [7, 11) is 0. The molecule has 1 amide bonds. The lowest BCUT2D eigenvalue weighted by Crippen LogP contribution is -2.61. The van der Waals surface area contributed by atoms with Crippen LogP contribution in [-0.2, 0) is 22.5 Å². The van der Waals surface area contributed by atoms with Crippen molar-refractivity contribution in [3.63, 3.8) is 0 Å². The third-order valence-electron chi connectivity index (χ3n) is 7.42. The third kappa shape index (κ3) is 5.43. The number of amides is 1. The summed E-state index contributed by atoms with van der Waals surface area (Å²) < 4.78 is 18.7. The molecule has 2 aromatic rings. The zero-order chi connectivity index (χ0) is 23.3. The van der Waals surface area contributed by atoms with E-state index in [0.29, 0.717) is 6.54 Å². The molecular weight excluding hydrogens is 431 g/mol. The molecule has 0 unspecified atom stereocenters. The Bertz CT molecular complexity index is 963. The van der Waals surface area contributed by atoms with E-state index in [1.165, 1.54) is 23.4 Å². The quantitative estimate of drug-likeness (QED) is 0.636. The molecule has 182 valence electrons. The Labute approximate surface area is 201 Å². The first-order chi connectivity index (χ1) is 16.7. The van der Waals surface area contributed by atoms with Gasteiger partial charge in [-0.3, -0.25) is 14.6 Å². The summed E-state index contributed by atoms with van der Waals surface area (Å²) in [4.78, 5) is 20.6. The van der Waals surface area contributed by atoms with Crippen LogP contribution in [-0.4, -0.2) is 80.8 Å². The maximum absolute atomic E-state index is 13.4. The Hall–Kier alpha value is -2.48. The molecule has 0 bridgehead atoms. The van der Waals surface area contributed by atoms with E-state index >= 15 is 0 Å². The van der Waals surface area contributed by atoms with E-state index in [0.717, 1.165) is 77.4 Å². The van der Waals surface area contributed by atoms with Gasteiger partial charge in [-0.05, 0) is 48.7 Å². The minimum absolute atomic E-state index is 0.0747. The van der Waals surface area contributed by atoms with E-state index < -0.39 is 0 Å². The summed E-state index contributed by atoms with van der Waals surface area (Å²) in [6, 6.07) is 15.4. The van der Waals surface area contributed by atoms with Gasteiger partial charge in [-0.15, -0.1) is 0 Å². The van der Waals surface area contributed by atoms with Gasteiger partial charge in [0.15, 0.2) is 0 Å². The lowest BCUT2D eigenvalue weighted by Gasteiger charge is -2.49. The van der Waals surface area contributed by atoms with Crippen molar-refractivity contribution < 1.29 is 13.9 Å². The first kappa shape index (κ1) is 23.3. The molecular formula is C27H35FN4O2. The number of hydrogen-bond donors (Lipinski definition) is 1. The maximum atomic E-state index is 13.4. The number of piperazine rings is 1. The highest BCUT2D eigenvalue weighted by Crippen LogP contribution is 2.36. The predicted octanol–water partition coefficient (Wildman–Crippen LogP) is 2.53. The van der Waals surface area contributed by atoms with E-state index in [1.54, 1.807) is 0 Å². The van der Waals surface area contributed by atoms with Crippen LogP contribution in [0.15, 0.2) is 48.5 Å². The average Bonchev–Trinajstić information content (AvgIpc) is 2.88. The second-order valence-corrected chi connectivity index (χ2v) is 9.66. The van der Waals surface area contributed by atoms with Gasteiger partial charge in [-0.1, -0.05) is 30.3 Å². The highest BCUT2D eigenvalue weighted by atomic mass is 19.1. The van der Waals surface area contributed by atoms with Crippen molar-refractivity contribution in [1.82, 2.24) is 15.1 Å². The number of morpholine rings is 1. The van der Waals surface area contributed by atoms with Gasteiger partial charge in [0.2, 0.25) is 5.91 Å². The van der Waals surface area contributed by atoms with Crippen LogP contribution < -0.4 is 10.2 Å². The summed E-state index contributed by atoms with van der Waals surface area (Å²) in [5.41, 5.74) is 3.64. The molecule has 3 aliphatic rings. The van der Waals surface area contributed by atoms with Crippen molar-refractivity contribution in [2.75, 3.05) is 63.9 Å². The number of carbonyl (C=O) groups excluding carboxylic acids is 1. The molecule has 0 saturated carbocycles. The fourth-order valence-electron chi connectivity index (χ4n) is 5.58. The molecule has 7 heteroatoms. The Morgan fingerprint density at radius 1 is 1.00 bits per heavy atom. The molecule has 2 atom stereocenters. The SMILES string of the molecule is O=C(NCCCN1CCOCC1)[C@@H]1Cc2ccccc2N2CCN(Cc3ccc(F)cc3)C[C@@H]12. The van der Waals surface area contributed by atoms with Crippen LogP contribution in [0.25, 0.3) is 0 Å². The van der Waals surface area contributed by atoms with Crippen molar-refractivity contribution in [2.45, 2.75) is 25.4 Å². The van der Waals surface area contributed by atoms with Crippen LogP contribution in [0.1, 0.15) is 17.5 Å². The van der Waals surface area contributed by atoms with E-state index in [9.17, 15) is 9.18 Å². The Kier molecular flexibility index (Phi) is 7.42. The van der Waals surface area contributed by atoms with Gasteiger partial charge in [-0.2, -0.15) is 0 Å². The highest BCUT2D eigenvalue weighted by Gasteiger charge is 2.41. The number of hydrogen-bond acceptors (Lipinski definition) is 5. The molecule has 5 rings (SSSR count). The van der Waals surface area contributed by atoms with Gasteiger partial charge in [0.05, 0.1) is 25.2 Å². The standard InChI is InChI=1S/C27H35FN4O2/c28-23-8-6-21(7-9-23)19-31-12-13-32-25-5-2-1-4-22(25)18-24(26(32)20-31)27(33)29-10-3-11-30-14-16-34-17-15-30/h1-2,4-9,24,26H,3,10-20H2,(H,29,33)/t24-,26+/m1/s1. The molecule has 0 aromatic heterocycles. The number of para-hydroxylation sites is 1. The Morgan fingerprint density at radius 2 is 1.79 bits per heavy atom. The number of carbonyl (C=O) groups is 1. The summed E-state index contributed by atoms with van der Waals surface area (Å²) in [5, 5.41) is 3.24. The smallest absolute Gasteiger partial charge is 0.225 e. The maximum Gasteiger partial charge on any atom is 0.225 e. The van der Waals surface area contributed by atoms with Crippen molar-refractivity contribution in [3.8, 4) is 0 Å². The molecule has 2 aromatic carbocycles. The third-order valence-corrected chi connectivity index (χ3v) is 7.42. The van der Waals surface area contributed by atoms with Gasteiger partial charge in [0.1, 0.15) is 5.82 Å². The van der Waals surface area contributed by atoms with Gasteiger partial charge < -0.3 is 15.0 Å². The molecule has 2 saturated heterocycles. The van der Waals surface area contributed by atoms with Crippen LogP contribution in [0.2, 0.25) is 0 Å². The largest absolute Gasteiger partial charge is 0.379 e. The number of benzene rings is 2. The number of halogens is 1. The first-order valence-corrected chi connectivity index (χ1v) is 12.6. The van der Waals surface area contributed by atoms with Crippen molar-refractivity contribution in [1.29, 1.82) is 0 Å². The first-order valence-electron chi connectivity index (χ1n) is 12.6. The second-order valence-electron chi connectivity index (χ2n) is 9.66. The van der Waals surface area contributed by atoms with Crippen molar-refractivity contribution >= 4 is 11.6 Å². The molecule has 0 spiro atoms. The summed E-state index contributed by atoms with van der Waals surface area (Å²) >= 11 is 0. The fraction of sp³-hybridized carbons (Fsp3) is 0.519. The summed E-state index contributed by atoms with van der Waals surface area (Å²) in [6.45, 7) is 8.71. The van der Waals surface area contributed by atoms with Gasteiger partial charge in [0, 0.05) is 51.5 Å². The minimum Gasteiger partial charge on any atom is -0.379 e. The predicted molar refractivity (Wildman–Crippen MR) is 131 cm³/mol. The molecule has 1 N–H and O–H groups in total. The average molecular weight is 467 g/mol. The van der Waals surface area contributed by atoms with E-state index in [1.807, 2.05) is 12.1 Å². The summed E-state index contributed by atoms with van der Waals surface area (Å²) in [5.74, 6) is -0.118. The highest BCUT2D eigenvalue weighted by molar-refractivity contribution is 5.82. The zero-order valence-corrected chi connectivity index (χ0v) is 19.8. The molecule has 0 aliphatic carbocycles. The number of nitrogens with zero attached hydrogens (tertiary/aromatic N) is 3. The lowest BCUT2D eigenvalue weighted by molar-refractivity contribution is -0.126. The molecule has 6 nitrogen and oxygen atoms in total. The number of rotatable bonds is 7. The topological polar surface area (TPSA) is 48.1 Å². The normalized spacial score (nSPS) is 23.3. The molecule has 2 fully saturated rings. The molecule has 0 radical (unpaired) electrons. The van der Waals surface area contributed by atoms with Crippen molar-refractivity contribution in [3.05, 3.63) is 65.5 Å². The molecule has 34 heavy (non-hydrogen) atoms. The zero-order valence-electron chi connectivity index (χ0n) is 19.8. The van der Waals surface area contributed by atoms with E-state index in [4.69, 9.17) is 4.74 Å². The summed E-state index contributed by atoms with van der Waals surface area (Å²) in [6.07, 6.45) is 1.73. The van der Waals surface area contributed by atoms with Crippen LogP contribution >= 0.6 is 0 Å².